The minimum absolute atomic E-state index is 0.302. The number of ketones is 1. The SMILES string of the molecule is COc1cc(/C=C/C(=O)c2cc(F)ccc2F)cc(Cl)c1OC. The second-order valence-electron chi connectivity index (χ2n) is 4.56. The molecule has 120 valence electrons. The van der Waals surface area contributed by atoms with Gasteiger partial charge in [0.15, 0.2) is 17.3 Å². The first-order valence-electron chi connectivity index (χ1n) is 6.55. The highest BCUT2D eigenvalue weighted by Gasteiger charge is 2.12. The molecule has 2 rings (SSSR count). The van der Waals surface area contributed by atoms with Crippen LogP contribution in [0, 0.1) is 11.6 Å². The van der Waals surface area contributed by atoms with Gasteiger partial charge in [-0.3, -0.25) is 4.79 Å². The molecule has 2 aromatic rings. The third-order valence-electron chi connectivity index (χ3n) is 3.08. The predicted octanol–water partition coefficient (Wildman–Crippen LogP) is 4.53. The highest BCUT2D eigenvalue weighted by Crippen LogP contribution is 2.36. The van der Waals surface area contributed by atoms with Crippen LogP contribution in [0.1, 0.15) is 15.9 Å². The Morgan fingerprint density at radius 2 is 1.87 bits per heavy atom. The van der Waals surface area contributed by atoms with Crippen LogP contribution in [0.4, 0.5) is 8.78 Å². The van der Waals surface area contributed by atoms with E-state index in [1.165, 1.54) is 20.3 Å². The maximum Gasteiger partial charge on any atom is 0.188 e. The predicted molar refractivity (Wildman–Crippen MR) is 84.3 cm³/mol. The zero-order chi connectivity index (χ0) is 17.0. The van der Waals surface area contributed by atoms with Crippen molar-refractivity contribution in [3.05, 3.63) is 64.2 Å². The van der Waals surface area contributed by atoms with Crippen LogP contribution in [0.25, 0.3) is 6.08 Å². The molecule has 0 bridgehead atoms. The molecule has 23 heavy (non-hydrogen) atoms. The van der Waals surface area contributed by atoms with Crippen LogP contribution in [0.5, 0.6) is 11.5 Å². The molecule has 0 saturated carbocycles. The molecule has 0 radical (unpaired) electrons. The van der Waals surface area contributed by atoms with Crippen molar-refractivity contribution in [2.75, 3.05) is 14.2 Å². The van der Waals surface area contributed by atoms with Gasteiger partial charge in [0.05, 0.1) is 24.8 Å². The van der Waals surface area contributed by atoms with Crippen LogP contribution in [0.2, 0.25) is 5.02 Å². The lowest BCUT2D eigenvalue weighted by molar-refractivity contribution is 0.104. The summed E-state index contributed by atoms with van der Waals surface area (Å²) < 4.78 is 36.9. The zero-order valence-electron chi connectivity index (χ0n) is 12.4. The minimum Gasteiger partial charge on any atom is -0.493 e. The number of halogens is 3. The van der Waals surface area contributed by atoms with E-state index in [9.17, 15) is 13.6 Å². The van der Waals surface area contributed by atoms with Crippen LogP contribution in [-0.2, 0) is 0 Å². The van der Waals surface area contributed by atoms with Crippen molar-refractivity contribution in [3.8, 4) is 11.5 Å². The summed E-state index contributed by atoms with van der Waals surface area (Å²) in [5, 5.41) is 0.302. The number of allylic oxidation sites excluding steroid dienone is 1. The number of carbonyl (C=O) groups is 1. The summed E-state index contributed by atoms with van der Waals surface area (Å²) in [4.78, 5) is 12.0. The first kappa shape index (κ1) is 17.0. The molecule has 0 aliphatic heterocycles. The average Bonchev–Trinajstić information content (AvgIpc) is 2.54. The van der Waals surface area contributed by atoms with E-state index in [4.69, 9.17) is 21.1 Å². The molecule has 0 aromatic heterocycles. The van der Waals surface area contributed by atoms with Crippen molar-refractivity contribution in [1.82, 2.24) is 0 Å². The van der Waals surface area contributed by atoms with E-state index in [0.29, 0.717) is 22.1 Å². The van der Waals surface area contributed by atoms with E-state index >= 15 is 0 Å². The summed E-state index contributed by atoms with van der Waals surface area (Å²) in [5.41, 5.74) is 0.214. The zero-order valence-corrected chi connectivity index (χ0v) is 13.2. The van der Waals surface area contributed by atoms with Gasteiger partial charge >= 0.3 is 0 Å². The van der Waals surface area contributed by atoms with Gasteiger partial charge in [0.25, 0.3) is 0 Å². The second kappa shape index (κ2) is 7.24. The van der Waals surface area contributed by atoms with Crippen LogP contribution in [-0.4, -0.2) is 20.0 Å². The number of hydrogen-bond acceptors (Lipinski definition) is 3. The van der Waals surface area contributed by atoms with Gasteiger partial charge in [0.1, 0.15) is 11.6 Å². The van der Waals surface area contributed by atoms with Gasteiger partial charge < -0.3 is 9.47 Å². The molecular formula is C17H13ClF2O3. The van der Waals surface area contributed by atoms with Crippen molar-refractivity contribution in [1.29, 1.82) is 0 Å². The quantitative estimate of drug-likeness (QED) is 0.593. The molecule has 0 fully saturated rings. The fourth-order valence-electron chi connectivity index (χ4n) is 1.98. The highest BCUT2D eigenvalue weighted by atomic mass is 35.5. The number of hydrogen-bond donors (Lipinski definition) is 0. The molecule has 0 amide bonds. The molecule has 0 atom stereocenters. The largest absolute Gasteiger partial charge is 0.493 e. The Bertz CT molecular complexity index is 773. The fourth-order valence-corrected chi connectivity index (χ4v) is 2.28. The highest BCUT2D eigenvalue weighted by molar-refractivity contribution is 6.32. The topological polar surface area (TPSA) is 35.5 Å². The van der Waals surface area contributed by atoms with E-state index in [-0.39, 0.29) is 5.56 Å². The van der Waals surface area contributed by atoms with Crippen molar-refractivity contribution in [2.45, 2.75) is 0 Å². The van der Waals surface area contributed by atoms with Gasteiger partial charge in [-0.15, -0.1) is 0 Å². The Labute approximate surface area is 137 Å². The molecule has 0 aliphatic rings. The second-order valence-corrected chi connectivity index (χ2v) is 4.97. The first-order valence-corrected chi connectivity index (χ1v) is 6.93. The van der Waals surface area contributed by atoms with Gasteiger partial charge in [-0.1, -0.05) is 17.7 Å². The molecule has 0 N–H and O–H groups in total. The summed E-state index contributed by atoms with van der Waals surface area (Å²) in [5.74, 6) is -1.37. The van der Waals surface area contributed by atoms with Crippen molar-refractivity contribution in [2.24, 2.45) is 0 Å². The van der Waals surface area contributed by atoms with Gasteiger partial charge in [0, 0.05) is 0 Å². The van der Waals surface area contributed by atoms with Crippen LogP contribution in [0.15, 0.2) is 36.4 Å². The van der Waals surface area contributed by atoms with E-state index in [2.05, 4.69) is 0 Å². The maximum absolute atomic E-state index is 13.5. The van der Waals surface area contributed by atoms with Crippen molar-refractivity contribution >= 4 is 23.5 Å². The Balaban J connectivity index is 2.31. The van der Waals surface area contributed by atoms with Crippen LogP contribution in [0.3, 0.4) is 0 Å². The Morgan fingerprint density at radius 3 is 2.52 bits per heavy atom. The molecule has 0 aliphatic carbocycles. The lowest BCUT2D eigenvalue weighted by atomic mass is 10.1. The average molecular weight is 339 g/mol. The molecule has 3 nitrogen and oxygen atoms in total. The fraction of sp³-hybridized carbons (Fsp3) is 0.118. The smallest absolute Gasteiger partial charge is 0.188 e. The summed E-state index contributed by atoms with van der Waals surface area (Å²) in [6, 6.07) is 5.88. The van der Waals surface area contributed by atoms with E-state index in [1.807, 2.05) is 0 Å². The molecule has 0 spiro atoms. The molecule has 0 unspecified atom stereocenters. The maximum atomic E-state index is 13.5. The molecule has 0 heterocycles. The number of carbonyl (C=O) groups excluding carboxylic acids is 1. The van der Waals surface area contributed by atoms with E-state index in [1.54, 1.807) is 12.1 Å². The Hall–Kier alpha value is -2.40. The number of rotatable bonds is 5. The van der Waals surface area contributed by atoms with Gasteiger partial charge in [0.2, 0.25) is 0 Å². The number of ether oxygens (including phenoxy) is 2. The van der Waals surface area contributed by atoms with E-state index < -0.39 is 17.4 Å². The van der Waals surface area contributed by atoms with Gasteiger partial charge in [-0.25, -0.2) is 8.78 Å². The lowest BCUT2D eigenvalue weighted by Crippen LogP contribution is -1.99. The summed E-state index contributed by atoms with van der Waals surface area (Å²) in [7, 11) is 2.91. The summed E-state index contributed by atoms with van der Waals surface area (Å²) in [6.45, 7) is 0. The Kier molecular flexibility index (Phi) is 5.34. The summed E-state index contributed by atoms with van der Waals surface area (Å²) in [6.07, 6.45) is 2.57. The number of methoxy groups -OCH3 is 2. The van der Waals surface area contributed by atoms with Crippen molar-refractivity contribution in [3.63, 3.8) is 0 Å². The molecule has 2 aromatic carbocycles. The monoisotopic (exact) mass is 338 g/mol. The van der Waals surface area contributed by atoms with Gasteiger partial charge in [-0.2, -0.15) is 0 Å². The summed E-state index contributed by atoms with van der Waals surface area (Å²) >= 11 is 6.06. The van der Waals surface area contributed by atoms with Crippen LogP contribution >= 0.6 is 11.6 Å². The third-order valence-corrected chi connectivity index (χ3v) is 3.36. The normalized spacial score (nSPS) is 10.8. The van der Waals surface area contributed by atoms with E-state index in [0.717, 1.165) is 24.3 Å². The molecule has 6 heteroatoms. The van der Waals surface area contributed by atoms with Crippen molar-refractivity contribution < 1.29 is 23.0 Å². The van der Waals surface area contributed by atoms with Gasteiger partial charge in [-0.05, 0) is 42.0 Å². The first-order chi connectivity index (χ1) is 11.0. The standard InChI is InChI=1S/C17H13ClF2O3/c1-22-16-8-10(7-13(18)17(16)23-2)3-6-15(21)12-9-11(19)4-5-14(12)20/h3-9H,1-2H3/b6-3+. The molecular weight excluding hydrogens is 326 g/mol. The van der Waals surface area contributed by atoms with Crippen LogP contribution < -0.4 is 9.47 Å². The number of benzene rings is 2. The minimum atomic E-state index is -0.786. The lowest BCUT2D eigenvalue weighted by Gasteiger charge is -2.10. The Morgan fingerprint density at radius 1 is 1.13 bits per heavy atom. The molecule has 0 saturated heterocycles. The third kappa shape index (κ3) is 3.87.